The van der Waals surface area contributed by atoms with Crippen LogP contribution in [-0.2, 0) is 11.3 Å². The highest BCUT2D eigenvalue weighted by molar-refractivity contribution is 5.78. The van der Waals surface area contributed by atoms with Crippen LogP contribution in [0.1, 0.15) is 18.4 Å². The standard InChI is InChI=1S/C16H20N4O/c21-16(14-3-1-8-17-12-14)18-11-13-4-6-15(7-5-13)20-10-2-9-19-20/h2,4-7,9-10,14,17H,1,3,8,11-12H2,(H,18,21). The number of carbonyl (C=O) groups is 1. The Labute approximate surface area is 124 Å². The van der Waals surface area contributed by atoms with Gasteiger partial charge in [0.15, 0.2) is 0 Å². The van der Waals surface area contributed by atoms with E-state index in [0.717, 1.165) is 37.2 Å². The first-order chi connectivity index (χ1) is 10.3. The second-order valence-electron chi connectivity index (χ2n) is 5.38. The molecule has 1 aromatic heterocycles. The zero-order valence-corrected chi connectivity index (χ0v) is 12.0. The van der Waals surface area contributed by atoms with E-state index in [0.29, 0.717) is 6.54 Å². The Kier molecular flexibility index (Phi) is 4.31. The van der Waals surface area contributed by atoms with Gasteiger partial charge >= 0.3 is 0 Å². The van der Waals surface area contributed by atoms with Crippen molar-refractivity contribution >= 4 is 5.91 Å². The first-order valence-corrected chi connectivity index (χ1v) is 7.40. The summed E-state index contributed by atoms with van der Waals surface area (Å²) >= 11 is 0. The molecule has 0 aliphatic carbocycles. The Morgan fingerprint density at radius 2 is 2.24 bits per heavy atom. The van der Waals surface area contributed by atoms with Crippen molar-refractivity contribution < 1.29 is 4.79 Å². The largest absolute Gasteiger partial charge is 0.352 e. The summed E-state index contributed by atoms with van der Waals surface area (Å²) < 4.78 is 1.82. The Bertz CT molecular complexity index is 571. The topological polar surface area (TPSA) is 59.0 Å². The lowest BCUT2D eigenvalue weighted by Gasteiger charge is -2.21. The third kappa shape index (κ3) is 3.49. The van der Waals surface area contributed by atoms with Gasteiger partial charge in [0.1, 0.15) is 0 Å². The van der Waals surface area contributed by atoms with Crippen LogP contribution in [0.15, 0.2) is 42.7 Å². The average molecular weight is 284 g/mol. The van der Waals surface area contributed by atoms with Crippen molar-refractivity contribution in [2.75, 3.05) is 13.1 Å². The number of amides is 1. The van der Waals surface area contributed by atoms with Gasteiger partial charge in [-0.1, -0.05) is 12.1 Å². The van der Waals surface area contributed by atoms with Crippen LogP contribution in [0.3, 0.4) is 0 Å². The number of benzene rings is 1. The lowest BCUT2D eigenvalue weighted by Crippen LogP contribution is -2.40. The fraction of sp³-hybridized carbons (Fsp3) is 0.375. The van der Waals surface area contributed by atoms with Crippen molar-refractivity contribution in [3.63, 3.8) is 0 Å². The zero-order valence-electron chi connectivity index (χ0n) is 12.0. The maximum atomic E-state index is 12.1. The Morgan fingerprint density at radius 3 is 2.90 bits per heavy atom. The smallest absolute Gasteiger partial charge is 0.224 e. The van der Waals surface area contributed by atoms with E-state index in [9.17, 15) is 4.79 Å². The van der Waals surface area contributed by atoms with Crippen molar-refractivity contribution in [1.29, 1.82) is 0 Å². The number of nitrogens with one attached hydrogen (secondary N) is 2. The molecule has 2 heterocycles. The van der Waals surface area contributed by atoms with Gasteiger partial charge in [-0.2, -0.15) is 5.10 Å². The van der Waals surface area contributed by atoms with Crippen molar-refractivity contribution in [2.45, 2.75) is 19.4 Å². The van der Waals surface area contributed by atoms with E-state index in [2.05, 4.69) is 15.7 Å². The summed E-state index contributed by atoms with van der Waals surface area (Å²) in [7, 11) is 0. The van der Waals surface area contributed by atoms with E-state index < -0.39 is 0 Å². The SMILES string of the molecule is O=C(NCc1ccc(-n2cccn2)cc1)C1CCCNC1. The van der Waals surface area contributed by atoms with Crippen LogP contribution in [0, 0.1) is 5.92 Å². The molecule has 2 aromatic rings. The molecule has 1 saturated heterocycles. The van der Waals surface area contributed by atoms with E-state index in [4.69, 9.17) is 0 Å². The van der Waals surface area contributed by atoms with Crippen molar-refractivity contribution in [3.8, 4) is 5.69 Å². The summed E-state index contributed by atoms with van der Waals surface area (Å²) in [5, 5.41) is 10.5. The third-order valence-electron chi connectivity index (χ3n) is 3.84. The number of carbonyl (C=O) groups excluding carboxylic acids is 1. The second kappa shape index (κ2) is 6.54. The minimum Gasteiger partial charge on any atom is -0.352 e. The molecular formula is C16H20N4O. The van der Waals surface area contributed by atoms with Crippen LogP contribution in [0.25, 0.3) is 5.69 Å². The highest BCUT2D eigenvalue weighted by Crippen LogP contribution is 2.11. The Morgan fingerprint density at radius 1 is 1.38 bits per heavy atom. The molecule has 110 valence electrons. The van der Waals surface area contributed by atoms with Gasteiger partial charge in [-0.05, 0) is 43.1 Å². The van der Waals surface area contributed by atoms with E-state index >= 15 is 0 Å². The number of rotatable bonds is 4. The monoisotopic (exact) mass is 284 g/mol. The molecule has 0 radical (unpaired) electrons. The maximum absolute atomic E-state index is 12.1. The molecule has 1 amide bonds. The van der Waals surface area contributed by atoms with Gasteiger partial charge in [0.2, 0.25) is 5.91 Å². The predicted molar refractivity (Wildman–Crippen MR) is 81.0 cm³/mol. The summed E-state index contributed by atoms with van der Waals surface area (Å²) in [6.07, 6.45) is 5.73. The summed E-state index contributed by atoms with van der Waals surface area (Å²) in [5.74, 6) is 0.264. The first-order valence-electron chi connectivity index (χ1n) is 7.40. The normalized spacial score (nSPS) is 18.4. The Balaban J connectivity index is 1.54. The molecule has 2 N–H and O–H groups in total. The Hall–Kier alpha value is -2.14. The van der Waals surface area contributed by atoms with Gasteiger partial charge in [-0.25, -0.2) is 4.68 Å². The van der Waals surface area contributed by atoms with Gasteiger partial charge in [-0.15, -0.1) is 0 Å². The van der Waals surface area contributed by atoms with Gasteiger partial charge in [0.25, 0.3) is 0 Å². The van der Waals surface area contributed by atoms with Crippen molar-refractivity contribution in [1.82, 2.24) is 20.4 Å². The highest BCUT2D eigenvalue weighted by Gasteiger charge is 2.20. The van der Waals surface area contributed by atoms with E-state index in [-0.39, 0.29) is 11.8 Å². The zero-order chi connectivity index (χ0) is 14.5. The van der Waals surface area contributed by atoms with Crippen LogP contribution < -0.4 is 10.6 Å². The quantitative estimate of drug-likeness (QED) is 0.894. The lowest BCUT2D eigenvalue weighted by atomic mass is 9.99. The van der Waals surface area contributed by atoms with Crippen LogP contribution >= 0.6 is 0 Å². The summed E-state index contributed by atoms with van der Waals surface area (Å²) in [6, 6.07) is 9.96. The van der Waals surface area contributed by atoms with Crippen LogP contribution in [0.4, 0.5) is 0 Å². The molecule has 21 heavy (non-hydrogen) atoms. The van der Waals surface area contributed by atoms with E-state index in [1.807, 2.05) is 41.2 Å². The third-order valence-corrected chi connectivity index (χ3v) is 3.84. The minimum atomic E-state index is 0.113. The number of nitrogens with zero attached hydrogens (tertiary/aromatic N) is 2. The van der Waals surface area contributed by atoms with E-state index in [1.165, 1.54) is 0 Å². The highest BCUT2D eigenvalue weighted by atomic mass is 16.1. The molecule has 1 aromatic carbocycles. The molecule has 1 unspecified atom stereocenters. The second-order valence-corrected chi connectivity index (χ2v) is 5.38. The molecule has 3 rings (SSSR count). The molecule has 1 aliphatic heterocycles. The van der Waals surface area contributed by atoms with Crippen LogP contribution in [0.2, 0.25) is 0 Å². The molecule has 0 bridgehead atoms. The van der Waals surface area contributed by atoms with Crippen molar-refractivity contribution in [3.05, 3.63) is 48.3 Å². The van der Waals surface area contributed by atoms with Crippen LogP contribution in [0.5, 0.6) is 0 Å². The van der Waals surface area contributed by atoms with Gasteiger partial charge < -0.3 is 10.6 Å². The van der Waals surface area contributed by atoms with Crippen molar-refractivity contribution in [2.24, 2.45) is 5.92 Å². The lowest BCUT2D eigenvalue weighted by molar-refractivity contribution is -0.125. The molecule has 0 spiro atoms. The minimum absolute atomic E-state index is 0.113. The average Bonchev–Trinajstić information content (AvgIpc) is 3.08. The molecule has 1 aliphatic rings. The molecule has 1 atom stereocenters. The maximum Gasteiger partial charge on any atom is 0.224 e. The summed E-state index contributed by atoms with van der Waals surface area (Å²) in [4.78, 5) is 12.1. The number of hydrogen-bond donors (Lipinski definition) is 2. The molecular weight excluding hydrogens is 264 g/mol. The first kappa shape index (κ1) is 13.8. The van der Waals surface area contributed by atoms with Crippen LogP contribution in [-0.4, -0.2) is 28.8 Å². The number of piperidine rings is 1. The molecule has 5 heteroatoms. The molecule has 1 fully saturated rings. The fourth-order valence-corrected chi connectivity index (χ4v) is 2.60. The van der Waals surface area contributed by atoms with Gasteiger partial charge in [0, 0.05) is 25.5 Å². The van der Waals surface area contributed by atoms with Gasteiger partial charge in [0.05, 0.1) is 11.6 Å². The predicted octanol–water partition coefficient (Wildman–Crippen LogP) is 1.49. The molecule has 5 nitrogen and oxygen atoms in total. The molecule has 0 saturated carbocycles. The number of aromatic nitrogens is 2. The fourth-order valence-electron chi connectivity index (χ4n) is 2.60. The summed E-state index contributed by atoms with van der Waals surface area (Å²) in [6.45, 7) is 2.40. The summed E-state index contributed by atoms with van der Waals surface area (Å²) in [5.41, 5.74) is 2.12. The number of hydrogen-bond acceptors (Lipinski definition) is 3. The van der Waals surface area contributed by atoms with E-state index in [1.54, 1.807) is 6.20 Å². The van der Waals surface area contributed by atoms with Gasteiger partial charge in [-0.3, -0.25) is 4.79 Å².